The van der Waals surface area contributed by atoms with Crippen LogP contribution in [0.3, 0.4) is 0 Å². The number of amides is 2. The number of anilines is 1. The first kappa shape index (κ1) is 18.4. The van der Waals surface area contributed by atoms with E-state index in [1.165, 1.54) is 0 Å². The highest BCUT2D eigenvalue weighted by molar-refractivity contribution is 6.01. The van der Waals surface area contributed by atoms with Gasteiger partial charge >= 0.3 is 0 Å². The largest absolute Gasteiger partial charge is 0.497 e. The summed E-state index contributed by atoms with van der Waals surface area (Å²) in [6.45, 7) is 5.60. The number of benzene rings is 1. The highest BCUT2D eigenvalue weighted by Gasteiger charge is 2.25. The van der Waals surface area contributed by atoms with Crippen LogP contribution in [-0.2, 0) is 4.79 Å². The molecule has 1 unspecified atom stereocenters. The summed E-state index contributed by atoms with van der Waals surface area (Å²) in [4.78, 5) is 29.2. The molecule has 0 saturated carbocycles. The number of nitrogens with one attached hydrogen (secondary N) is 2. The molecule has 1 heterocycles. The molecular formula is C19H23N3O3. The van der Waals surface area contributed by atoms with Crippen molar-refractivity contribution in [1.82, 2.24) is 10.3 Å². The lowest BCUT2D eigenvalue weighted by Crippen LogP contribution is -2.47. The maximum absolute atomic E-state index is 12.5. The molecule has 0 aliphatic heterocycles. The molecule has 0 saturated heterocycles. The average Bonchev–Trinajstić information content (AvgIpc) is 2.59. The van der Waals surface area contributed by atoms with Gasteiger partial charge in [-0.3, -0.25) is 9.59 Å². The Bertz CT molecular complexity index is 742. The molecule has 2 amide bonds. The van der Waals surface area contributed by atoms with Crippen LogP contribution in [0.2, 0.25) is 0 Å². The van der Waals surface area contributed by atoms with Gasteiger partial charge in [0.2, 0.25) is 5.91 Å². The first-order valence-corrected chi connectivity index (χ1v) is 8.10. The van der Waals surface area contributed by atoms with Crippen LogP contribution in [0.15, 0.2) is 42.5 Å². The lowest BCUT2D eigenvalue weighted by Gasteiger charge is -2.21. The summed E-state index contributed by atoms with van der Waals surface area (Å²) < 4.78 is 5.08. The van der Waals surface area contributed by atoms with Crippen molar-refractivity contribution in [3.8, 4) is 5.75 Å². The molecule has 0 aliphatic carbocycles. The van der Waals surface area contributed by atoms with Crippen molar-refractivity contribution in [1.29, 1.82) is 0 Å². The zero-order valence-electron chi connectivity index (χ0n) is 14.9. The van der Waals surface area contributed by atoms with Gasteiger partial charge in [0.25, 0.3) is 5.91 Å². The maximum atomic E-state index is 12.5. The van der Waals surface area contributed by atoms with Gasteiger partial charge in [-0.25, -0.2) is 4.98 Å². The Morgan fingerprint density at radius 2 is 1.76 bits per heavy atom. The van der Waals surface area contributed by atoms with Crippen molar-refractivity contribution in [2.45, 2.75) is 26.8 Å². The van der Waals surface area contributed by atoms with E-state index in [0.29, 0.717) is 17.1 Å². The third-order valence-electron chi connectivity index (χ3n) is 3.73. The van der Waals surface area contributed by atoms with Gasteiger partial charge in [-0.1, -0.05) is 19.9 Å². The average molecular weight is 341 g/mol. The Morgan fingerprint density at radius 1 is 1.08 bits per heavy atom. The van der Waals surface area contributed by atoms with Crippen LogP contribution >= 0.6 is 0 Å². The van der Waals surface area contributed by atoms with Crippen molar-refractivity contribution in [2.24, 2.45) is 5.92 Å². The number of nitrogens with zero attached hydrogens (tertiary/aromatic N) is 1. The van der Waals surface area contributed by atoms with Crippen molar-refractivity contribution >= 4 is 17.6 Å². The van der Waals surface area contributed by atoms with E-state index in [-0.39, 0.29) is 17.7 Å². The van der Waals surface area contributed by atoms with Crippen molar-refractivity contribution in [3.63, 3.8) is 0 Å². The number of hydrogen-bond donors (Lipinski definition) is 2. The molecule has 0 spiro atoms. The van der Waals surface area contributed by atoms with Crippen LogP contribution in [0, 0.1) is 12.8 Å². The minimum absolute atomic E-state index is 0.0768. The zero-order valence-corrected chi connectivity index (χ0v) is 14.9. The molecule has 0 bridgehead atoms. The maximum Gasteiger partial charge on any atom is 0.251 e. The van der Waals surface area contributed by atoms with Crippen molar-refractivity contribution in [3.05, 3.63) is 53.7 Å². The van der Waals surface area contributed by atoms with Gasteiger partial charge in [-0.05, 0) is 49.2 Å². The first-order valence-electron chi connectivity index (χ1n) is 8.10. The van der Waals surface area contributed by atoms with Crippen LogP contribution < -0.4 is 15.4 Å². The van der Waals surface area contributed by atoms with Gasteiger partial charge < -0.3 is 15.4 Å². The van der Waals surface area contributed by atoms with Crippen LogP contribution in [0.1, 0.15) is 29.9 Å². The predicted molar refractivity (Wildman–Crippen MR) is 96.7 cm³/mol. The summed E-state index contributed by atoms with van der Waals surface area (Å²) in [5, 5.41) is 5.54. The van der Waals surface area contributed by atoms with Crippen molar-refractivity contribution in [2.75, 3.05) is 12.4 Å². The Morgan fingerprint density at radius 3 is 2.32 bits per heavy atom. The Kier molecular flexibility index (Phi) is 6.11. The second-order valence-corrected chi connectivity index (χ2v) is 6.08. The molecular weight excluding hydrogens is 318 g/mol. The highest BCUT2D eigenvalue weighted by atomic mass is 16.5. The molecule has 0 radical (unpaired) electrons. The molecule has 132 valence electrons. The molecule has 0 aliphatic rings. The molecule has 2 N–H and O–H groups in total. The van der Waals surface area contributed by atoms with Gasteiger partial charge in [0.15, 0.2) is 0 Å². The third-order valence-corrected chi connectivity index (χ3v) is 3.73. The Balaban J connectivity index is 2.08. The number of carbonyl (C=O) groups excluding carboxylic acids is 2. The van der Waals surface area contributed by atoms with Gasteiger partial charge in [0.05, 0.1) is 7.11 Å². The topological polar surface area (TPSA) is 80.3 Å². The SMILES string of the molecule is COc1ccc(C(=O)NC(C(=O)Nc2cccc(C)n2)C(C)C)cc1. The molecule has 2 rings (SSSR count). The number of pyridine rings is 1. The highest BCUT2D eigenvalue weighted by Crippen LogP contribution is 2.13. The lowest BCUT2D eigenvalue weighted by molar-refractivity contribution is -0.118. The second kappa shape index (κ2) is 8.28. The fraction of sp³-hybridized carbons (Fsp3) is 0.316. The Labute approximate surface area is 147 Å². The van der Waals surface area contributed by atoms with Crippen LogP contribution in [0.25, 0.3) is 0 Å². The number of hydrogen-bond acceptors (Lipinski definition) is 4. The number of rotatable bonds is 6. The molecule has 1 aromatic heterocycles. The number of carbonyl (C=O) groups is 2. The smallest absolute Gasteiger partial charge is 0.251 e. The number of aromatic nitrogens is 1. The molecule has 1 aromatic carbocycles. The van der Waals surface area contributed by atoms with E-state index in [0.717, 1.165) is 5.69 Å². The van der Waals surface area contributed by atoms with Crippen LogP contribution in [0.5, 0.6) is 5.75 Å². The molecule has 1 atom stereocenters. The Hall–Kier alpha value is -2.89. The predicted octanol–water partition coefficient (Wildman–Crippen LogP) is 2.79. The van der Waals surface area contributed by atoms with E-state index >= 15 is 0 Å². The van der Waals surface area contributed by atoms with E-state index in [2.05, 4.69) is 15.6 Å². The van der Waals surface area contributed by atoms with Crippen LogP contribution in [0.4, 0.5) is 5.82 Å². The van der Waals surface area contributed by atoms with Crippen LogP contribution in [-0.4, -0.2) is 29.9 Å². The number of ether oxygens (including phenoxy) is 1. The van der Waals surface area contributed by atoms with E-state index in [1.54, 1.807) is 37.4 Å². The monoisotopic (exact) mass is 341 g/mol. The van der Waals surface area contributed by atoms with Gasteiger partial charge in [-0.2, -0.15) is 0 Å². The third kappa shape index (κ3) is 5.04. The lowest BCUT2D eigenvalue weighted by atomic mass is 10.0. The fourth-order valence-corrected chi connectivity index (χ4v) is 2.32. The number of aryl methyl sites for hydroxylation is 1. The molecule has 25 heavy (non-hydrogen) atoms. The fourth-order valence-electron chi connectivity index (χ4n) is 2.32. The second-order valence-electron chi connectivity index (χ2n) is 6.08. The normalized spacial score (nSPS) is 11.7. The number of methoxy groups -OCH3 is 1. The minimum Gasteiger partial charge on any atom is -0.497 e. The van der Waals surface area contributed by atoms with E-state index < -0.39 is 6.04 Å². The quantitative estimate of drug-likeness (QED) is 0.847. The summed E-state index contributed by atoms with van der Waals surface area (Å²) in [6, 6.07) is 11.4. The van der Waals surface area contributed by atoms with E-state index in [1.807, 2.05) is 32.9 Å². The summed E-state index contributed by atoms with van der Waals surface area (Å²) >= 11 is 0. The summed E-state index contributed by atoms with van der Waals surface area (Å²) in [5.41, 5.74) is 1.27. The standard InChI is InChI=1S/C19H23N3O3/c1-12(2)17(19(24)21-16-7-5-6-13(3)20-16)22-18(23)14-8-10-15(25-4)11-9-14/h5-12,17H,1-4H3,(H,22,23)(H,20,21,24). The molecule has 2 aromatic rings. The zero-order chi connectivity index (χ0) is 18.4. The summed E-state index contributed by atoms with van der Waals surface area (Å²) in [5.74, 6) is 0.449. The van der Waals surface area contributed by atoms with Gasteiger partial charge in [-0.15, -0.1) is 0 Å². The molecule has 0 fully saturated rings. The molecule has 6 nitrogen and oxygen atoms in total. The van der Waals surface area contributed by atoms with E-state index in [4.69, 9.17) is 4.74 Å². The first-order chi connectivity index (χ1) is 11.9. The van der Waals surface area contributed by atoms with E-state index in [9.17, 15) is 9.59 Å². The summed E-state index contributed by atoms with van der Waals surface area (Å²) in [7, 11) is 1.56. The van der Waals surface area contributed by atoms with Gasteiger partial charge in [0.1, 0.15) is 17.6 Å². The van der Waals surface area contributed by atoms with Gasteiger partial charge in [0, 0.05) is 11.3 Å². The minimum atomic E-state index is -0.670. The summed E-state index contributed by atoms with van der Waals surface area (Å²) in [6.07, 6.45) is 0. The molecule has 6 heteroatoms. The van der Waals surface area contributed by atoms with Crippen molar-refractivity contribution < 1.29 is 14.3 Å².